The summed E-state index contributed by atoms with van der Waals surface area (Å²) in [6, 6.07) is 3.23. The maximum absolute atomic E-state index is 12.9. The van der Waals surface area contributed by atoms with Crippen LogP contribution in [0.2, 0.25) is 0 Å². The molecular weight excluding hydrogens is 514 g/mol. The Morgan fingerprint density at radius 1 is 0.800 bits per heavy atom. The number of carbonyl (C=O) groups is 4. The molecule has 0 saturated heterocycles. The minimum Gasteiger partial charge on any atom is -0.480 e. The second-order valence-corrected chi connectivity index (χ2v) is 11.7. The molecule has 1 aromatic carbocycles. The van der Waals surface area contributed by atoms with Gasteiger partial charge in [0.2, 0.25) is 0 Å². The summed E-state index contributed by atoms with van der Waals surface area (Å²) in [5.74, 6) is -4.98. The normalized spacial score (nSPS) is 16.8. The molecule has 0 aromatic heterocycles. The lowest BCUT2D eigenvalue weighted by atomic mass is 9.79. The molecule has 0 fully saturated rings. The van der Waals surface area contributed by atoms with Crippen LogP contribution in [0.5, 0.6) is 11.5 Å². The lowest BCUT2D eigenvalue weighted by Gasteiger charge is -2.32. The van der Waals surface area contributed by atoms with E-state index < -0.39 is 53.7 Å². The fourth-order valence-corrected chi connectivity index (χ4v) is 4.08. The molecule has 40 heavy (non-hydrogen) atoms. The highest BCUT2D eigenvalue weighted by atomic mass is 16.6. The average molecular weight is 564 g/mol. The topological polar surface area (TPSA) is 142 Å². The van der Waals surface area contributed by atoms with Crippen LogP contribution in [-0.2, 0) is 23.9 Å². The Labute approximate surface area is 239 Å². The molecule has 0 saturated carbocycles. The summed E-state index contributed by atoms with van der Waals surface area (Å²) in [4.78, 5) is 50.3. The number of carboxylic acids is 1. The molecule has 0 spiro atoms. The number of aliphatic carboxylic acids is 1. The van der Waals surface area contributed by atoms with E-state index in [-0.39, 0.29) is 35.2 Å². The van der Waals surface area contributed by atoms with Crippen LogP contribution in [0, 0.1) is 35.5 Å². The largest absolute Gasteiger partial charge is 0.480 e. The van der Waals surface area contributed by atoms with Crippen molar-refractivity contribution in [1.29, 1.82) is 0 Å². The van der Waals surface area contributed by atoms with Crippen molar-refractivity contribution in [3.05, 3.63) is 23.8 Å². The van der Waals surface area contributed by atoms with Crippen LogP contribution in [0.1, 0.15) is 93.6 Å². The van der Waals surface area contributed by atoms with Crippen LogP contribution < -0.4 is 15.2 Å². The summed E-state index contributed by atoms with van der Waals surface area (Å²) in [6.45, 7) is 18.3. The van der Waals surface area contributed by atoms with Crippen LogP contribution in [0.3, 0.4) is 0 Å². The molecule has 1 rings (SSSR count). The molecule has 9 heteroatoms. The van der Waals surface area contributed by atoms with Crippen LogP contribution in [0.4, 0.5) is 0 Å². The van der Waals surface area contributed by atoms with E-state index in [0.717, 1.165) is 6.42 Å². The minimum atomic E-state index is -1.35. The third kappa shape index (κ3) is 9.61. The SMILES string of the molecule is CCCC(C)C(=O)OC(C)C(C)C(c1ccc(OC(=O)C(C)C(C)C)c(OC(=O)C(C)C(C)C)c1)[C@H](N)C(=O)O. The molecule has 0 aliphatic rings. The van der Waals surface area contributed by atoms with Gasteiger partial charge in [0, 0.05) is 11.8 Å². The summed E-state index contributed by atoms with van der Waals surface area (Å²) >= 11 is 0. The van der Waals surface area contributed by atoms with Gasteiger partial charge in [0.25, 0.3) is 0 Å². The molecule has 9 nitrogen and oxygen atoms in total. The number of esters is 3. The number of carboxylic acid groups (broad SMARTS) is 1. The maximum Gasteiger partial charge on any atom is 0.321 e. The van der Waals surface area contributed by atoms with Crippen LogP contribution in [0.25, 0.3) is 0 Å². The maximum atomic E-state index is 12.9. The van der Waals surface area contributed by atoms with Gasteiger partial charge in [0.1, 0.15) is 12.1 Å². The Bertz CT molecular complexity index is 1020. The standard InChI is InChI=1S/C31H49NO8/c1-11-12-18(6)29(35)38-22(10)21(9)26(27(32)28(33)34)23-13-14-24(39-30(36)19(7)16(2)3)25(15-23)40-31(37)20(8)17(4)5/h13-22,26-27H,11-12,32H2,1-10H3,(H,33,34)/t18?,19?,20?,21?,22?,26?,27-/m0/s1. The highest BCUT2D eigenvalue weighted by Crippen LogP contribution is 2.38. The summed E-state index contributed by atoms with van der Waals surface area (Å²) in [5.41, 5.74) is 6.62. The van der Waals surface area contributed by atoms with Crippen molar-refractivity contribution in [2.24, 2.45) is 41.2 Å². The van der Waals surface area contributed by atoms with E-state index in [1.165, 1.54) is 12.1 Å². The molecule has 3 N–H and O–H groups in total. The van der Waals surface area contributed by atoms with Crippen molar-refractivity contribution in [3.8, 4) is 11.5 Å². The molecule has 0 heterocycles. The van der Waals surface area contributed by atoms with Gasteiger partial charge < -0.3 is 25.1 Å². The molecule has 0 aliphatic carbocycles. The molecule has 226 valence electrons. The Morgan fingerprint density at radius 3 is 1.75 bits per heavy atom. The summed E-state index contributed by atoms with van der Waals surface area (Å²) in [7, 11) is 0. The zero-order valence-corrected chi connectivity index (χ0v) is 25.7. The molecule has 1 aromatic rings. The summed E-state index contributed by atoms with van der Waals surface area (Å²) in [6.07, 6.45) is 0.853. The fourth-order valence-electron chi connectivity index (χ4n) is 4.08. The van der Waals surface area contributed by atoms with Crippen molar-refractivity contribution in [1.82, 2.24) is 0 Å². The summed E-state index contributed by atoms with van der Waals surface area (Å²) in [5, 5.41) is 9.83. The van der Waals surface area contributed by atoms with Crippen molar-refractivity contribution in [2.45, 2.75) is 100 Å². The molecule has 6 unspecified atom stereocenters. The predicted octanol–water partition coefficient (Wildman–Crippen LogP) is 5.58. The van der Waals surface area contributed by atoms with E-state index in [0.29, 0.717) is 12.0 Å². The third-order valence-corrected chi connectivity index (χ3v) is 7.92. The van der Waals surface area contributed by atoms with Crippen LogP contribution in [0.15, 0.2) is 18.2 Å². The van der Waals surface area contributed by atoms with Crippen LogP contribution >= 0.6 is 0 Å². The molecule has 0 bridgehead atoms. The highest BCUT2D eigenvalue weighted by Gasteiger charge is 2.36. The predicted molar refractivity (Wildman–Crippen MR) is 153 cm³/mol. The van der Waals surface area contributed by atoms with Gasteiger partial charge in [-0.05, 0) is 42.9 Å². The van der Waals surface area contributed by atoms with Gasteiger partial charge in [-0.15, -0.1) is 0 Å². The van der Waals surface area contributed by atoms with E-state index in [1.807, 2.05) is 34.6 Å². The first-order chi connectivity index (χ1) is 18.5. The number of nitrogens with two attached hydrogens (primary N) is 1. The second kappa shape index (κ2) is 15.7. The van der Waals surface area contributed by atoms with E-state index in [9.17, 15) is 24.3 Å². The zero-order valence-electron chi connectivity index (χ0n) is 25.7. The van der Waals surface area contributed by atoms with E-state index in [2.05, 4.69) is 0 Å². The second-order valence-electron chi connectivity index (χ2n) is 11.7. The average Bonchev–Trinajstić information content (AvgIpc) is 2.88. The van der Waals surface area contributed by atoms with Crippen molar-refractivity contribution in [2.75, 3.05) is 0 Å². The third-order valence-electron chi connectivity index (χ3n) is 7.92. The highest BCUT2D eigenvalue weighted by molar-refractivity contribution is 5.79. The molecule has 0 amide bonds. The van der Waals surface area contributed by atoms with Crippen molar-refractivity contribution in [3.63, 3.8) is 0 Å². The molecule has 0 aliphatic heterocycles. The zero-order chi connectivity index (χ0) is 30.9. The lowest BCUT2D eigenvalue weighted by molar-refractivity contribution is -0.156. The van der Waals surface area contributed by atoms with Gasteiger partial charge in [-0.2, -0.15) is 0 Å². The first kappa shape index (κ1) is 35.1. The first-order valence-electron chi connectivity index (χ1n) is 14.3. The number of benzene rings is 1. The van der Waals surface area contributed by atoms with Gasteiger partial charge in [0.05, 0.1) is 17.8 Å². The van der Waals surface area contributed by atoms with Gasteiger partial charge in [-0.1, -0.05) is 74.8 Å². The quantitative estimate of drug-likeness (QED) is 0.206. The van der Waals surface area contributed by atoms with E-state index in [4.69, 9.17) is 19.9 Å². The lowest BCUT2D eigenvalue weighted by Crippen LogP contribution is -2.43. The monoisotopic (exact) mass is 563 g/mol. The smallest absolute Gasteiger partial charge is 0.321 e. The number of hydrogen-bond donors (Lipinski definition) is 2. The number of carbonyl (C=O) groups excluding carboxylic acids is 3. The molecule has 0 radical (unpaired) electrons. The first-order valence-corrected chi connectivity index (χ1v) is 14.3. The number of rotatable bonds is 15. The van der Waals surface area contributed by atoms with Gasteiger partial charge in [-0.25, -0.2) is 0 Å². The number of hydrogen-bond acceptors (Lipinski definition) is 8. The fraction of sp³-hybridized carbons (Fsp3) is 0.677. The van der Waals surface area contributed by atoms with Gasteiger partial charge >= 0.3 is 23.9 Å². The van der Waals surface area contributed by atoms with Crippen molar-refractivity contribution >= 4 is 23.9 Å². The Balaban J connectivity index is 3.54. The summed E-state index contributed by atoms with van der Waals surface area (Å²) < 4.78 is 17.0. The van der Waals surface area contributed by atoms with Crippen molar-refractivity contribution < 1.29 is 38.5 Å². The molecule has 7 atom stereocenters. The van der Waals surface area contributed by atoms with Gasteiger partial charge in [0.15, 0.2) is 11.5 Å². The van der Waals surface area contributed by atoms with E-state index >= 15 is 0 Å². The number of ether oxygens (including phenoxy) is 3. The Kier molecular flexibility index (Phi) is 13.8. The van der Waals surface area contributed by atoms with Gasteiger partial charge in [-0.3, -0.25) is 19.2 Å². The van der Waals surface area contributed by atoms with E-state index in [1.54, 1.807) is 40.7 Å². The molecular formula is C31H49NO8. The minimum absolute atomic E-state index is 0.00137. The Morgan fingerprint density at radius 2 is 1.30 bits per heavy atom. The van der Waals surface area contributed by atoms with Crippen LogP contribution in [-0.4, -0.2) is 41.1 Å². The Hall–Kier alpha value is -2.94.